The summed E-state index contributed by atoms with van der Waals surface area (Å²) in [5.41, 5.74) is 6.20. The maximum atomic E-state index is 9.18. The van der Waals surface area contributed by atoms with Crippen LogP contribution >= 0.6 is 0 Å². The van der Waals surface area contributed by atoms with Crippen molar-refractivity contribution in [2.24, 2.45) is 0 Å². The van der Waals surface area contributed by atoms with Crippen molar-refractivity contribution in [1.82, 2.24) is 9.97 Å². The third-order valence-electron chi connectivity index (χ3n) is 8.15. The van der Waals surface area contributed by atoms with Gasteiger partial charge in [-0.1, -0.05) is 24.3 Å². The molecule has 2 aromatic carbocycles. The highest BCUT2D eigenvalue weighted by molar-refractivity contribution is 5.80. The van der Waals surface area contributed by atoms with E-state index < -0.39 is 0 Å². The fourth-order valence-electron chi connectivity index (χ4n) is 6.33. The number of aromatic nitrogens is 2. The molecule has 2 N–H and O–H groups in total. The number of aliphatic hydroxyl groups excluding tert-OH is 2. The minimum Gasteiger partial charge on any atom is -0.392 e. The Labute approximate surface area is 237 Å². The van der Waals surface area contributed by atoms with E-state index in [-0.39, 0.29) is 13.2 Å². The molecule has 40 heavy (non-hydrogen) atoms. The summed E-state index contributed by atoms with van der Waals surface area (Å²) in [6.07, 6.45) is 5.37. The first-order valence-electron chi connectivity index (χ1n) is 14.6. The van der Waals surface area contributed by atoms with Gasteiger partial charge in [0.05, 0.1) is 48.7 Å². The van der Waals surface area contributed by atoms with Crippen LogP contribution in [0.5, 0.6) is 0 Å². The Morgan fingerprint density at radius 2 is 0.950 bits per heavy atom. The van der Waals surface area contributed by atoms with Crippen LogP contribution in [0.3, 0.4) is 0 Å². The van der Waals surface area contributed by atoms with E-state index in [1.807, 2.05) is 36.4 Å². The van der Waals surface area contributed by atoms with Gasteiger partial charge in [-0.15, -0.1) is 0 Å². The van der Waals surface area contributed by atoms with Crippen molar-refractivity contribution in [2.75, 3.05) is 0 Å². The van der Waals surface area contributed by atoms with E-state index in [2.05, 4.69) is 52.0 Å². The van der Waals surface area contributed by atoms with Gasteiger partial charge in [-0.25, -0.2) is 0 Å². The van der Waals surface area contributed by atoms with E-state index in [9.17, 15) is 10.2 Å². The monoisotopic (exact) mass is 542 g/mol. The van der Waals surface area contributed by atoms with E-state index in [1.54, 1.807) is 0 Å². The molecule has 2 fully saturated rings. The molecule has 0 radical (unpaired) electrons. The number of pyridine rings is 2. The Morgan fingerprint density at radius 3 is 1.30 bits per heavy atom. The first-order valence-corrected chi connectivity index (χ1v) is 14.6. The molecular formula is C34H42N2O4. The summed E-state index contributed by atoms with van der Waals surface area (Å²) in [5, 5.41) is 20.5. The summed E-state index contributed by atoms with van der Waals surface area (Å²) in [6.45, 7) is 8.70. The highest BCUT2D eigenvalue weighted by Gasteiger charge is 2.27. The fourth-order valence-corrected chi connectivity index (χ4v) is 6.33. The lowest BCUT2D eigenvalue weighted by molar-refractivity contribution is -0.0387. The largest absolute Gasteiger partial charge is 0.392 e. The molecule has 6 rings (SSSR count). The molecule has 2 aliphatic heterocycles. The molecule has 6 nitrogen and oxygen atoms in total. The highest BCUT2D eigenvalue weighted by Crippen LogP contribution is 2.34. The predicted molar refractivity (Wildman–Crippen MR) is 159 cm³/mol. The van der Waals surface area contributed by atoms with Crippen molar-refractivity contribution >= 4 is 21.8 Å². The van der Waals surface area contributed by atoms with Crippen LogP contribution in [0.25, 0.3) is 21.8 Å². The van der Waals surface area contributed by atoms with Crippen molar-refractivity contribution in [2.45, 2.75) is 103 Å². The highest BCUT2D eigenvalue weighted by atomic mass is 16.5. The summed E-state index contributed by atoms with van der Waals surface area (Å²) in [4.78, 5) is 9.61. The predicted octanol–water partition coefficient (Wildman–Crippen LogP) is 6.80. The van der Waals surface area contributed by atoms with Gasteiger partial charge in [-0.05, 0) is 101 Å². The Morgan fingerprint density at radius 1 is 0.575 bits per heavy atom. The van der Waals surface area contributed by atoms with Crippen molar-refractivity contribution < 1.29 is 19.7 Å². The van der Waals surface area contributed by atoms with Gasteiger partial charge in [0, 0.05) is 34.0 Å². The van der Waals surface area contributed by atoms with Crippen LogP contribution in [0.4, 0.5) is 0 Å². The average Bonchev–Trinajstić information content (AvgIpc) is 2.95. The zero-order valence-electron chi connectivity index (χ0n) is 24.1. The van der Waals surface area contributed by atoms with E-state index in [0.717, 1.165) is 70.0 Å². The van der Waals surface area contributed by atoms with Crippen LogP contribution in [-0.2, 0) is 22.7 Å². The number of ether oxygens (including phenoxy) is 2. The summed E-state index contributed by atoms with van der Waals surface area (Å²) in [5.74, 6) is 0.964. The fraction of sp³-hybridized carbons (Fsp3) is 0.471. The van der Waals surface area contributed by atoms with Crippen molar-refractivity contribution in [3.8, 4) is 0 Å². The van der Waals surface area contributed by atoms with Crippen LogP contribution in [0, 0.1) is 0 Å². The molecule has 212 valence electrons. The summed E-state index contributed by atoms with van der Waals surface area (Å²) in [7, 11) is 0. The Kier molecular flexibility index (Phi) is 9.11. The first-order chi connectivity index (χ1) is 19.3. The Hall–Kier alpha value is -2.90. The van der Waals surface area contributed by atoms with Crippen molar-refractivity contribution in [1.29, 1.82) is 0 Å². The zero-order valence-corrected chi connectivity index (χ0v) is 24.1. The van der Waals surface area contributed by atoms with Gasteiger partial charge in [0.1, 0.15) is 0 Å². The lowest BCUT2D eigenvalue weighted by Crippen LogP contribution is -2.28. The lowest BCUT2D eigenvalue weighted by atomic mass is 9.89. The van der Waals surface area contributed by atoms with Gasteiger partial charge in [0.25, 0.3) is 0 Å². The zero-order chi connectivity index (χ0) is 28.2. The SMILES string of the molecule is CC1CC(c2ccc3cc(CO)ccc3n2)CC(C)O1.C[C@@H]1CC(c2ccc3cc(CO)ccc3n2)C[C@H](C)O1. The minimum atomic E-state index is 0.0761. The van der Waals surface area contributed by atoms with E-state index >= 15 is 0 Å². The third-order valence-corrected chi connectivity index (χ3v) is 8.15. The van der Waals surface area contributed by atoms with Gasteiger partial charge in [-0.3, -0.25) is 9.97 Å². The topological polar surface area (TPSA) is 84.7 Å². The second-order valence-electron chi connectivity index (χ2n) is 11.7. The Bertz CT molecular complexity index is 1310. The maximum Gasteiger partial charge on any atom is 0.0705 e. The Balaban J connectivity index is 0.000000161. The molecule has 2 aromatic heterocycles. The smallest absolute Gasteiger partial charge is 0.0705 e. The van der Waals surface area contributed by atoms with Gasteiger partial charge >= 0.3 is 0 Å². The number of benzene rings is 2. The molecule has 2 saturated heterocycles. The van der Waals surface area contributed by atoms with E-state index in [4.69, 9.17) is 19.4 Å². The first kappa shape index (κ1) is 28.6. The molecule has 2 aliphatic rings. The molecular weight excluding hydrogens is 500 g/mol. The standard InChI is InChI=1S/2C17H21NO2/c2*1-11-7-15(8-12(2)20-11)17-6-4-14-9-13(10-19)3-5-16(14)18-17/h2*3-6,9,11-12,15,19H,7-8,10H2,1-2H3/t11-,12+,15?;. The number of aliphatic hydroxyl groups is 2. The minimum absolute atomic E-state index is 0.0761. The average molecular weight is 543 g/mol. The molecule has 4 heterocycles. The van der Waals surface area contributed by atoms with Gasteiger partial charge < -0.3 is 19.7 Å². The third kappa shape index (κ3) is 6.87. The lowest BCUT2D eigenvalue weighted by Gasteiger charge is -2.31. The van der Waals surface area contributed by atoms with Crippen LogP contribution in [0.1, 0.15) is 87.7 Å². The second kappa shape index (κ2) is 12.7. The molecule has 0 spiro atoms. The van der Waals surface area contributed by atoms with Crippen LogP contribution < -0.4 is 0 Å². The molecule has 0 saturated carbocycles. The second-order valence-corrected chi connectivity index (χ2v) is 11.7. The quantitative estimate of drug-likeness (QED) is 0.295. The molecule has 0 amide bonds. The van der Waals surface area contributed by atoms with Gasteiger partial charge in [0.2, 0.25) is 0 Å². The normalized spacial score (nSPS) is 26.9. The van der Waals surface area contributed by atoms with Gasteiger partial charge in [0.15, 0.2) is 0 Å². The van der Waals surface area contributed by atoms with Crippen molar-refractivity contribution in [3.63, 3.8) is 0 Å². The van der Waals surface area contributed by atoms with E-state index in [0.29, 0.717) is 36.3 Å². The van der Waals surface area contributed by atoms with Crippen LogP contribution in [-0.4, -0.2) is 44.6 Å². The molecule has 0 aliphatic carbocycles. The number of rotatable bonds is 4. The maximum absolute atomic E-state index is 9.18. The molecule has 4 aromatic rings. The summed E-state index contributed by atoms with van der Waals surface area (Å²) in [6, 6.07) is 20.3. The van der Waals surface area contributed by atoms with Crippen molar-refractivity contribution in [3.05, 3.63) is 83.2 Å². The van der Waals surface area contributed by atoms with Crippen LogP contribution in [0.15, 0.2) is 60.7 Å². The van der Waals surface area contributed by atoms with Crippen LogP contribution in [0.2, 0.25) is 0 Å². The van der Waals surface area contributed by atoms with Gasteiger partial charge in [-0.2, -0.15) is 0 Å². The number of hydrogen-bond donors (Lipinski definition) is 2. The molecule has 5 atom stereocenters. The number of nitrogens with zero attached hydrogens (tertiary/aromatic N) is 2. The molecule has 0 bridgehead atoms. The number of hydrogen-bond acceptors (Lipinski definition) is 6. The van der Waals surface area contributed by atoms with E-state index in [1.165, 1.54) is 0 Å². The molecule has 3 unspecified atom stereocenters. The summed E-state index contributed by atoms with van der Waals surface area (Å²) >= 11 is 0. The molecule has 6 heteroatoms. The number of fused-ring (bicyclic) bond motifs is 2. The summed E-state index contributed by atoms with van der Waals surface area (Å²) < 4.78 is 11.6.